The van der Waals surface area contributed by atoms with Crippen molar-refractivity contribution in [3.63, 3.8) is 0 Å². The number of para-hydroxylation sites is 1. The number of benzene rings is 1. The van der Waals surface area contributed by atoms with Gasteiger partial charge in [0.1, 0.15) is 10.6 Å². The normalized spacial score (nSPS) is 10.7. The topological polar surface area (TPSA) is 98.5 Å². The molecule has 0 spiro atoms. The number of ether oxygens (including phenoxy) is 1. The third-order valence-corrected chi connectivity index (χ3v) is 4.74. The standard InChI is InChI=1S/C18H20N2O5S/c1-5-12-11(4)26-17(15(12)18(22)25-10(2)3)19-16(21)13-8-6-7-9-14(13)20(23)24/h6-10H,5H2,1-4H3,(H,19,21). The van der Waals surface area contributed by atoms with Crippen LogP contribution in [0.2, 0.25) is 0 Å². The van der Waals surface area contributed by atoms with Gasteiger partial charge in [0.15, 0.2) is 0 Å². The van der Waals surface area contributed by atoms with E-state index in [4.69, 9.17) is 4.74 Å². The molecular weight excluding hydrogens is 356 g/mol. The van der Waals surface area contributed by atoms with Gasteiger partial charge >= 0.3 is 5.97 Å². The highest BCUT2D eigenvalue weighted by molar-refractivity contribution is 7.16. The SMILES string of the molecule is CCc1c(C)sc(NC(=O)c2ccccc2[N+](=O)[O-])c1C(=O)OC(C)C. The number of amides is 1. The number of hydrogen-bond donors (Lipinski definition) is 1. The summed E-state index contributed by atoms with van der Waals surface area (Å²) in [6.07, 6.45) is 0.304. The summed E-state index contributed by atoms with van der Waals surface area (Å²) in [6.45, 7) is 7.26. The summed E-state index contributed by atoms with van der Waals surface area (Å²) in [4.78, 5) is 36.5. The maximum atomic E-state index is 12.6. The van der Waals surface area contributed by atoms with Crippen molar-refractivity contribution in [2.75, 3.05) is 5.32 Å². The Labute approximate surface area is 155 Å². The first kappa shape index (κ1) is 19.6. The van der Waals surface area contributed by atoms with Crippen LogP contribution >= 0.6 is 11.3 Å². The number of rotatable bonds is 6. The van der Waals surface area contributed by atoms with E-state index in [1.807, 2.05) is 13.8 Å². The zero-order chi connectivity index (χ0) is 19.4. The monoisotopic (exact) mass is 376 g/mol. The molecule has 0 atom stereocenters. The molecule has 26 heavy (non-hydrogen) atoms. The summed E-state index contributed by atoms with van der Waals surface area (Å²) in [5.41, 5.74) is 0.763. The van der Waals surface area contributed by atoms with Crippen LogP contribution in [-0.4, -0.2) is 22.9 Å². The number of aryl methyl sites for hydroxylation is 1. The van der Waals surface area contributed by atoms with Gasteiger partial charge in [-0.3, -0.25) is 14.9 Å². The first-order valence-corrected chi connectivity index (χ1v) is 8.95. The number of carbonyl (C=O) groups excluding carboxylic acids is 2. The second-order valence-corrected chi connectivity index (χ2v) is 7.10. The number of nitro groups is 1. The minimum Gasteiger partial charge on any atom is -0.459 e. The fourth-order valence-electron chi connectivity index (χ4n) is 2.58. The van der Waals surface area contributed by atoms with Crippen LogP contribution in [0, 0.1) is 17.0 Å². The van der Waals surface area contributed by atoms with Crippen molar-refractivity contribution >= 4 is 33.9 Å². The molecule has 0 radical (unpaired) electrons. The average Bonchev–Trinajstić information content (AvgIpc) is 2.89. The van der Waals surface area contributed by atoms with E-state index in [2.05, 4.69) is 5.32 Å². The van der Waals surface area contributed by atoms with E-state index in [1.54, 1.807) is 19.9 Å². The molecule has 2 aromatic rings. The van der Waals surface area contributed by atoms with Crippen LogP contribution in [-0.2, 0) is 11.2 Å². The largest absolute Gasteiger partial charge is 0.459 e. The summed E-state index contributed by atoms with van der Waals surface area (Å²) < 4.78 is 5.29. The molecule has 0 bridgehead atoms. The minimum atomic E-state index is -0.639. The van der Waals surface area contributed by atoms with Crippen molar-refractivity contribution in [2.24, 2.45) is 0 Å². The van der Waals surface area contributed by atoms with Gasteiger partial charge in [0.25, 0.3) is 11.6 Å². The molecule has 0 aliphatic rings. The highest BCUT2D eigenvalue weighted by atomic mass is 32.1. The highest BCUT2D eigenvalue weighted by Crippen LogP contribution is 2.35. The quantitative estimate of drug-likeness (QED) is 0.459. The molecule has 0 unspecified atom stereocenters. The van der Waals surface area contributed by atoms with Gasteiger partial charge in [0.05, 0.1) is 16.6 Å². The van der Waals surface area contributed by atoms with Crippen LogP contribution < -0.4 is 5.32 Å². The molecule has 0 aliphatic heterocycles. The van der Waals surface area contributed by atoms with E-state index in [-0.39, 0.29) is 17.4 Å². The molecule has 7 nitrogen and oxygen atoms in total. The van der Waals surface area contributed by atoms with Crippen LogP contribution in [0.4, 0.5) is 10.7 Å². The van der Waals surface area contributed by atoms with E-state index < -0.39 is 16.8 Å². The average molecular weight is 376 g/mol. The molecule has 1 aromatic carbocycles. The van der Waals surface area contributed by atoms with Gasteiger partial charge < -0.3 is 10.1 Å². The third-order valence-electron chi connectivity index (χ3n) is 3.68. The molecule has 0 saturated heterocycles. The maximum absolute atomic E-state index is 12.6. The number of anilines is 1. The van der Waals surface area contributed by atoms with Gasteiger partial charge in [-0.2, -0.15) is 0 Å². The fraction of sp³-hybridized carbons (Fsp3) is 0.333. The number of carbonyl (C=O) groups is 2. The predicted octanol–water partition coefficient (Wildman–Crippen LogP) is 4.34. The Bertz CT molecular complexity index is 857. The molecule has 138 valence electrons. The Morgan fingerprint density at radius 3 is 2.54 bits per heavy atom. The third kappa shape index (κ3) is 4.08. The van der Waals surface area contributed by atoms with Crippen molar-refractivity contribution in [1.82, 2.24) is 0 Å². The van der Waals surface area contributed by atoms with Gasteiger partial charge in [0.2, 0.25) is 0 Å². The van der Waals surface area contributed by atoms with Gasteiger partial charge in [0, 0.05) is 10.9 Å². The lowest BCUT2D eigenvalue weighted by Crippen LogP contribution is -2.18. The van der Waals surface area contributed by atoms with Gasteiger partial charge in [-0.25, -0.2) is 4.79 Å². The van der Waals surface area contributed by atoms with E-state index in [0.717, 1.165) is 10.4 Å². The lowest BCUT2D eigenvalue weighted by molar-refractivity contribution is -0.385. The molecule has 1 N–H and O–H groups in total. The molecule has 1 amide bonds. The molecule has 8 heteroatoms. The van der Waals surface area contributed by atoms with Crippen LogP contribution in [0.5, 0.6) is 0 Å². The second-order valence-electron chi connectivity index (χ2n) is 5.88. The summed E-state index contributed by atoms with van der Waals surface area (Å²) in [6, 6.07) is 5.68. The van der Waals surface area contributed by atoms with Crippen molar-refractivity contribution in [1.29, 1.82) is 0 Å². The lowest BCUT2D eigenvalue weighted by atomic mass is 10.1. The first-order chi connectivity index (χ1) is 12.3. The van der Waals surface area contributed by atoms with E-state index >= 15 is 0 Å². The van der Waals surface area contributed by atoms with Crippen molar-refractivity contribution in [2.45, 2.75) is 40.2 Å². The second kappa shape index (κ2) is 8.09. The predicted molar refractivity (Wildman–Crippen MR) is 100 cm³/mol. The van der Waals surface area contributed by atoms with Gasteiger partial charge in [-0.1, -0.05) is 19.1 Å². The Kier molecular flexibility index (Phi) is 6.10. The summed E-state index contributed by atoms with van der Waals surface area (Å²) in [5, 5.41) is 14.1. The lowest BCUT2D eigenvalue weighted by Gasteiger charge is -2.11. The molecule has 0 fully saturated rings. The number of esters is 1. The van der Waals surface area contributed by atoms with Crippen LogP contribution in [0.1, 0.15) is 51.9 Å². The minimum absolute atomic E-state index is 0.0650. The van der Waals surface area contributed by atoms with Crippen LogP contribution in [0.3, 0.4) is 0 Å². The Morgan fingerprint density at radius 1 is 1.31 bits per heavy atom. The molecular formula is C18H20N2O5S. The van der Waals surface area contributed by atoms with Crippen LogP contribution in [0.15, 0.2) is 24.3 Å². The number of nitrogens with one attached hydrogen (secondary N) is 1. The smallest absolute Gasteiger partial charge is 0.341 e. The van der Waals surface area contributed by atoms with Crippen molar-refractivity contribution in [3.05, 3.63) is 55.9 Å². The maximum Gasteiger partial charge on any atom is 0.341 e. The number of thiophene rings is 1. The molecule has 0 aliphatic carbocycles. The highest BCUT2D eigenvalue weighted by Gasteiger charge is 2.26. The van der Waals surface area contributed by atoms with E-state index in [1.165, 1.54) is 29.5 Å². The summed E-state index contributed by atoms with van der Waals surface area (Å²) in [7, 11) is 0. The zero-order valence-electron chi connectivity index (χ0n) is 15.0. The van der Waals surface area contributed by atoms with Crippen molar-refractivity contribution in [3.8, 4) is 0 Å². The Hall–Kier alpha value is -2.74. The number of nitro benzene ring substituents is 1. The van der Waals surface area contributed by atoms with Crippen molar-refractivity contribution < 1.29 is 19.2 Å². The van der Waals surface area contributed by atoms with Gasteiger partial charge in [-0.05, 0) is 38.8 Å². The first-order valence-electron chi connectivity index (χ1n) is 8.14. The van der Waals surface area contributed by atoms with Gasteiger partial charge in [-0.15, -0.1) is 11.3 Å². The Morgan fingerprint density at radius 2 is 1.96 bits per heavy atom. The van der Waals surface area contributed by atoms with E-state index in [9.17, 15) is 19.7 Å². The number of hydrogen-bond acceptors (Lipinski definition) is 6. The number of nitrogens with zero attached hydrogens (tertiary/aromatic N) is 1. The molecule has 1 heterocycles. The Balaban J connectivity index is 2.42. The molecule has 1 aromatic heterocycles. The molecule has 2 rings (SSSR count). The fourth-order valence-corrected chi connectivity index (χ4v) is 3.70. The molecule has 0 saturated carbocycles. The van der Waals surface area contributed by atoms with E-state index in [0.29, 0.717) is 17.0 Å². The zero-order valence-corrected chi connectivity index (χ0v) is 15.8. The summed E-state index contributed by atoms with van der Waals surface area (Å²) >= 11 is 1.26. The van der Waals surface area contributed by atoms with Crippen LogP contribution in [0.25, 0.3) is 0 Å². The summed E-state index contributed by atoms with van der Waals surface area (Å²) in [5.74, 6) is -1.15.